The summed E-state index contributed by atoms with van der Waals surface area (Å²) >= 11 is 0. The Morgan fingerprint density at radius 1 is 1.28 bits per heavy atom. The number of fused-ring (bicyclic) bond motifs is 1. The van der Waals surface area contributed by atoms with Gasteiger partial charge in [-0.25, -0.2) is 4.98 Å². The van der Waals surface area contributed by atoms with Crippen LogP contribution in [0.5, 0.6) is 5.75 Å². The van der Waals surface area contributed by atoms with Crippen LogP contribution >= 0.6 is 0 Å². The van der Waals surface area contributed by atoms with Gasteiger partial charge in [0.1, 0.15) is 18.0 Å². The SMILES string of the molecule is O=C(c1cccc(OCc2cn3ccccc3n2)c1)N1CC[C@H](O)C1. The molecule has 1 amide bonds. The Labute approximate surface area is 145 Å². The third kappa shape index (κ3) is 3.34. The maximum atomic E-state index is 12.5. The molecule has 3 heterocycles. The summed E-state index contributed by atoms with van der Waals surface area (Å²) in [6.07, 6.45) is 4.08. The van der Waals surface area contributed by atoms with E-state index in [0.717, 1.165) is 11.3 Å². The lowest BCUT2D eigenvalue weighted by atomic mass is 10.2. The van der Waals surface area contributed by atoms with Gasteiger partial charge in [0.15, 0.2) is 0 Å². The molecule has 1 atom stereocenters. The molecule has 1 saturated heterocycles. The van der Waals surface area contributed by atoms with Crippen LogP contribution in [0.3, 0.4) is 0 Å². The second-order valence-corrected chi connectivity index (χ2v) is 6.21. The van der Waals surface area contributed by atoms with Gasteiger partial charge < -0.3 is 19.1 Å². The van der Waals surface area contributed by atoms with Crippen LogP contribution in [0.4, 0.5) is 0 Å². The van der Waals surface area contributed by atoms with Crippen LogP contribution in [0, 0.1) is 0 Å². The van der Waals surface area contributed by atoms with Crippen LogP contribution < -0.4 is 4.74 Å². The summed E-state index contributed by atoms with van der Waals surface area (Å²) in [5.74, 6) is 0.553. The predicted octanol–water partition coefficient (Wildman–Crippen LogP) is 2.12. The monoisotopic (exact) mass is 337 g/mol. The quantitative estimate of drug-likeness (QED) is 0.792. The number of aliphatic hydroxyl groups excluding tert-OH is 1. The highest BCUT2D eigenvalue weighted by molar-refractivity contribution is 5.94. The molecule has 0 radical (unpaired) electrons. The molecule has 128 valence electrons. The van der Waals surface area contributed by atoms with Crippen molar-refractivity contribution in [2.45, 2.75) is 19.1 Å². The third-order valence-corrected chi connectivity index (χ3v) is 4.33. The third-order valence-electron chi connectivity index (χ3n) is 4.33. The smallest absolute Gasteiger partial charge is 0.254 e. The van der Waals surface area contributed by atoms with Crippen molar-refractivity contribution >= 4 is 11.6 Å². The minimum Gasteiger partial charge on any atom is -0.487 e. The van der Waals surface area contributed by atoms with Crippen molar-refractivity contribution in [2.24, 2.45) is 0 Å². The summed E-state index contributed by atoms with van der Waals surface area (Å²) in [4.78, 5) is 18.6. The molecule has 6 nitrogen and oxygen atoms in total. The number of imidazole rings is 1. The number of pyridine rings is 1. The molecule has 1 N–H and O–H groups in total. The van der Waals surface area contributed by atoms with Gasteiger partial charge in [0.05, 0.1) is 11.8 Å². The maximum absolute atomic E-state index is 12.5. The first kappa shape index (κ1) is 15.7. The van der Waals surface area contributed by atoms with Gasteiger partial charge in [0, 0.05) is 31.0 Å². The highest BCUT2D eigenvalue weighted by Crippen LogP contribution is 2.19. The molecule has 1 aliphatic heterocycles. The van der Waals surface area contributed by atoms with Gasteiger partial charge in [-0.3, -0.25) is 4.79 Å². The first-order valence-electron chi connectivity index (χ1n) is 8.32. The first-order valence-corrected chi connectivity index (χ1v) is 8.32. The molecule has 1 fully saturated rings. The lowest BCUT2D eigenvalue weighted by Crippen LogP contribution is -2.29. The van der Waals surface area contributed by atoms with E-state index in [2.05, 4.69) is 4.98 Å². The second kappa shape index (κ2) is 6.57. The Kier molecular flexibility index (Phi) is 4.11. The van der Waals surface area contributed by atoms with E-state index < -0.39 is 6.10 Å². The number of hydrogen-bond acceptors (Lipinski definition) is 4. The van der Waals surface area contributed by atoms with Gasteiger partial charge in [-0.05, 0) is 36.8 Å². The number of aliphatic hydroxyl groups is 1. The Morgan fingerprint density at radius 3 is 3.00 bits per heavy atom. The Hall–Kier alpha value is -2.86. The van der Waals surface area contributed by atoms with E-state index in [0.29, 0.717) is 37.4 Å². The zero-order valence-electron chi connectivity index (χ0n) is 13.7. The molecule has 1 aromatic carbocycles. The second-order valence-electron chi connectivity index (χ2n) is 6.21. The molecule has 0 unspecified atom stereocenters. The van der Waals surface area contributed by atoms with Crippen molar-refractivity contribution in [3.8, 4) is 5.75 Å². The molecule has 3 aromatic rings. The summed E-state index contributed by atoms with van der Waals surface area (Å²) in [5, 5.41) is 9.59. The highest BCUT2D eigenvalue weighted by Gasteiger charge is 2.25. The Balaban J connectivity index is 1.45. The molecular weight excluding hydrogens is 318 g/mol. The van der Waals surface area contributed by atoms with Crippen LogP contribution in [-0.4, -0.2) is 44.5 Å². The molecule has 2 aromatic heterocycles. The van der Waals surface area contributed by atoms with Crippen molar-refractivity contribution in [1.29, 1.82) is 0 Å². The van der Waals surface area contributed by atoms with Gasteiger partial charge >= 0.3 is 0 Å². The van der Waals surface area contributed by atoms with Gasteiger partial charge in [0.25, 0.3) is 5.91 Å². The lowest BCUT2D eigenvalue weighted by Gasteiger charge is -2.16. The number of carbonyl (C=O) groups excluding carboxylic acids is 1. The fourth-order valence-electron chi connectivity index (χ4n) is 3.04. The highest BCUT2D eigenvalue weighted by atomic mass is 16.5. The van der Waals surface area contributed by atoms with Crippen LogP contribution in [0.1, 0.15) is 22.5 Å². The normalized spacial score (nSPS) is 17.2. The molecule has 6 heteroatoms. The molecule has 0 bridgehead atoms. The first-order chi connectivity index (χ1) is 12.2. The number of β-amino-alcohol motifs (C(OH)–C–C–N with tert-alkyl or cyclic N) is 1. The summed E-state index contributed by atoms with van der Waals surface area (Å²) in [5.41, 5.74) is 2.27. The van der Waals surface area contributed by atoms with Gasteiger partial charge in [-0.2, -0.15) is 0 Å². The van der Waals surface area contributed by atoms with E-state index in [9.17, 15) is 9.90 Å². The number of carbonyl (C=O) groups is 1. The average Bonchev–Trinajstić information content (AvgIpc) is 3.25. The number of rotatable bonds is 4. The zero-order valence-corrected chi connectivity index (χ0v) is 13.7. The van der Waals surface area contributed by atoms with Crippen molar-refractivity contribution < 1.29 is 14.6 Å². The van der Waals surface area contributed by atoms with E-state index in [1.54, 1.807) is 23.1 Å². The number of ether oxygens (including phenoxy) is 1. The molecule has 0 aliphatic carbocycles. The van der Waals surface area contributed by atoms with Crippen LogP contribution in [0.2, 0.25) is 0 Å². The van der Waals surface area contributed by atoms with Crippen LogP contribution in [0.15, 0.2) is 54.9 Å². The summed E-state index contributed by atoms with van der Waals surface area (Å²) in [6, 6.07) is 13.0. The van der Waals surface area contributed by atoms with Crippen molar-refractivity contribution in [3.63, 3.8) is 0 Å². The zero-order chi connectivity index (χ0) is 17.2. The van der Waals surface area contributed by atoms with Crippen molar-refractivity contribution in [2.75, 3.05) is 13.1 Å². The van der Waals surface area contributed by atoms with Crippen LogP contribution in [0.25, 0.3) is 5.65 Å². The maximum Gasteiger partial charge on any atom is 0.254 e. The average molecular weight is 337 g/mol. The molecule has 25 heavy (non-hydrogen) atoms. The van der Waals surface area contributed by atoms with E-state index >= 15 is 0 Å². The fraction of sp³-hybridized carbons (Fsp3) is 0.263. The fourth-order valence-corrected chi connectivity index (χ4v) is 3.04. The molecule has 0 spiro atoms. The van der Waals surface area contributed by atoms with E-state index in [1.165, 1.54) is 0 Å². The number of benzene rings is 1. The molecule has 4 rings (SSSR count). The molecule has 0 saturated carbocycles. The summed E-state index contributed by atoms with van der Waals surface area (Å²) < 4.78 is 7.74. The number of likely N-dealkylation sites (tertiary alicyclic amines) is 1. The number of amides is 1. The minimum atomic E-state index is -0.418. The Morgan fingerprint density at radius 2 is 2.20 bits per heavy atom. The van der Waals surface area contributed by atoms with Crippen molar-refractivity contribution in [1.82, 2.24) is 14.3 Å². The molecule has 1 aliphatic rings. The predicted molar refractivity (Wildman–Crippen MR) is 92.5 cm³/mol. The summed E-state index contributed by atoms with van der Waals surface area (Å²) in [7, 11) is 0. The number of aromatic nitrogens is 2. The Bertz CT molecular complexity index is 873. The topological polar surface area (TPSA) is 67.1 Å². The minimum absolute atomic E-state index is 0.0743. The van der Waals surface area contributed by atoms with Crippen LogP contribution in [-0.2, 0) is 6.61 Å². The van der Waals surface area contributed by atoms with E-state index in [-0.39, 0.29) is 5.91 Å². The summed E-state index contributed by atoms with van der Waals surface area (Å²) in [6.45, 7) is 1.32. The van der Waals surface area contributed by atoms with E-state index in [1.807, 2.05) is 41.1 Å². The largest absolute Gasteiger partial charge is 0.487 e. The van der Waals surface area contributed by atoms with Gasteiger partial charge in [0.2, 0.25) is 0 Å². The van der Waals surface area contributed by atoms with Gasteiger partial charge in [-0.15, -0.1) is 0 Å². The standard InChI is InChI=1S/C19H19N3O3/c23-16-7-9-22(12-16)19(24)14-4-3-5-17(10-14)25-13-15-11-21-8-2-1-6-18(21)20-15/h1-6,8,10-11,16,23H,7,9,12-13H2/t16-/m0/s1. The molecular formula is C19H19N3O3. The van der Waals surface area contributed by atoms with Gasteiger partial charge in [-0.1, -0.05) is 12.1 Å². The van der Waals surface area contributed by atoms with Crippen molar-refractivity contribution in [3.05, 3.63) is 66.1 Å². The lowest BCUT2D eigenvalue weighted by molar-refractivity contribution is 0.0764. The number of hydrogen-bond donors (Lipinski definition) is 1. The van der Waals surface area contributed by atoms with E-state index in [4.69, 9.17) is 4.74 Å². The number of nitrogens with zero attached hydrogens (tertiary/aromatic N) is 3.